The summed E-state index contributed by atoms with van der Waals surface area (Å²) in [5.41, 5.74) is 2.57. The van der Waals surface area contributed by atoms with Gasteiger partial charge in [0.1, 0.15) is 18.4 Å². The number of ether oxygens (including phenoxy) is 1. The number of carbonyl (C=O) groups excluding carboxylic acids is 2. The minimum Gasteiger partial charge on any atom is -0.489 e. The van der Waals surface area contributed by atoms with Gasteiger partial charge in [-0.1, -0.05) is 36.4 Å². The molecule has 0 aliphatic carbocycles. The van der Waals surface area contributed by atoms with E-state index in [-0.39, 0.29) is 11.8 Å². The summed E-state index contributed by atoms with van der Waals surface area (Å²) in [6.07, 6.45) is 3.50. The molecule has 0 unspecified atom stereocenters. The molecule has 1 fully saturated rings. The number of pyridine rings is 1. The first-order chi connectivity index (χ1) is 15.2. The number of nitrogens with zero attached hydrogens (tertiary/aromatic N) is 2. The lowest BCUT2D eigenvalue weighted by molar-refractivity contribution is -0.124. The summed E-state index contributed by atoms with van der Waals surface area (Å²) >= 11 is 1.59. The van der Waals surface area contributed by atoms with Crippen LogP contribution in [0.3, 0.4) is 0 Å². The molecule has 0 spiro atoms. The van der Waals surface area contributed by atoms with Gasteiger partial charge in [0.2, 0.25) is 5.91 Å². The maximum absolute atomic E-state index is 12.8. The van der Waals surface area contributed by atoms with E-state index in [1.54, 1.807) is 41.2 Å². The molecular formula is C24H23N3O3S. The molecule has 2 amide bonds. The topological polar surface area (TPSA) is 71.5 Å². The van der Waals surface area contributed by atoms with Gasteiger partial charge in [-0.25, -0.2) is 0 Å². The van der Waals surface area contributed by atoms with Crippen LogP contribution in [0.15, 0.2) is 79.1 Å². The summed E-state index contributed by atoms with van der Waals surface area (Å²) in [5, 5.41) is 2.96. The predicted molar refractivity (Wildman–Crippen MR) is 121 cm³/mol. The van der Waals surface area contributed by atoms with Crippen LogP contribution in [0.25, 0.3) is 0 Å². The van der Waals surface area contributed by atoms with E-state index in [9.17, 15) is 9.59 Å². The number of amides is 2. The normalized spacial score (nSPS) is 15.5. The Balaban J connectivity index is 1.29. The lowest BCUT2D eigenvalue weighted by Crippen LogP contribution is -2.47. The van der Waals surface area contributed by atoms with Crippen molar-refractivity contribution in [2.75, 3.05) is 11.6 Å². The molecule has 1 N–H and O–H groups in total. The third-order valence-corrected chi connectivity index (χ3v) is 6.00. The van der Waals surface area contributed by atoms with Crippen molar-refractivity contribution in [2.24, 2.45) is 0 Å². The number of hydrogen-bond acceptors (Lipinski definition) is 5. The molecule has 2 heterocycles. The standard InChI is InChI=1S/C24H23N3O3S/c28-23(22-16-31-17-27(22)24(29)20-6-2-1-3-7-20)26-14-18-8-10-21(11-9-18)30-15-19-5-4-12-25-13-19/h1-13,22H,14-17H2,(H,26,28)/t22-/m0/s1. The van der Waals surface area contributed by atoms with Gasteiger partial charge in [0.25, 0.3) is 5.91 Å². The van der Waals surface area contributed by atoms with Gasteiger partial charge in [0.05, 0.1) is 5.88 Å². The first-order valence-corrected chi connectivity index (χ1v) is 11.2. The Morgan fingerprint density at radius 1 is 1.03 bits per heavy atom. The van der Waals surface area contributed by atoms with Crippen molar-refractivity contribution in [1.82, 2.24) is 15.2 Å². The average Bonchev–Trinajstić information content (AvgIpc) is 3.33. The Labute approximate surface area is 185 Å². The number of aromatic nitrogens is 1. The van der Waals surface area contributed by atoms with Gasteiger partial charge >= 0.3 is 0 Å². The largest absolute Gasteiger partial charge is 0.489 e. The Morgan fingerprint density at radius 3 is 2.58 bits per heavy atom. The summed E-state index contributed by atoms with van der Waals surface area (Å²) in [6, 6.07) is 20.1. The zero-order chi connectivity index (χ0) is 21.5. The summed E-state index contributed by atoms with van der Waals surface area (Å²) in [5.74, 6) is 1.64. The number of hydrogen-bond donors (Lipinski definition) is 1. The van der Waals surface area contributed by atoms with E-state index >= 15 is 0 Å². The van der Waals surface area contributed by atoms with Crippen molar-refractivity contribution in [3.8, 4) is 5.75 Å². The molecule has 2 aromatic carbocycles. The van der Waals surface area contributed by atoms with Gasteiger partial charge in [-0.3, -0.25) is 14.6 Å². The van der Waals surface area contributed by atoms with Crippen LogP contribution >= 0.6 is 11.8 Å². The molecule has 4 rings (SSSR count). The fraction of sp³-hybridized carbons (Fsp3) is 0.208. The van der Waals surface area contributed by atoms with Gasteiger partial charge in [0.15, 0.2) is 0 Å². The smallest absolute Gasteiger partial charge is 0.255 e. The molecule has 1 aromatic heterocycles. The summed E-state index contributed by atoms with van der Waals surface area (Å²) in [6.45, 7) is 0.852. The molecular weight excluding hydrogens is 410 g/mol. The minimum atomic E-state index is -0.459. The second-order valence-electron chi connectivity index (χ2n) is 7.17. The number of rotatable bonds is 7. The van der Waals surface area contributed by atoms with Crippen LogP contribution in [-0.4, -0.2) is 39.4 Å². The molecule has 1 aliphatic rings. The first kappa shape index (κ1) is 20.9. The van der Waals surface area contributed by atoms with Crippen LogP contribution in [0.2, 0.25) is 0 Å². The maximum atomic E-state index is 12.8. The molecule has 1 saturated heterocycles. The van der Waals surface area contributed by atoms with E-state index in [2.05, 4.69) is 10.3 Å². The van der Waals surface area contributed by atoms with E-state index in [4.69, 9.17) is 4.74 Å². The quantitative estimate of drug-likeness (QED) is 0.618. The van der Waals surface area contributed by atoms with Gasteiger partial charge in [-0.05, 0) is 35.9 Å². The summed E-state index contributed by atoms with van der Waals surface area (Å²) in [7, 11) is 0. The second-order valence-corrected chi connectivity index (χ2v) is 8.17. The number of benzene rings is 2. The molecule has 0 bridgehead atoms. The third-order valence-electron chi connectivity index (χ3n) is 4.98. The Morgan fingerprint density at radius 2 is 1.84 bits per heavy atom. The van der Waals surface area contributed by atoms with Crippen LogP contribution < -0.4 is 10.1 Å². The van der Waals surface area contributed by atoms with E-state index in [1.165, 1.54) is 0 Å². The van der Waals surface area contributed by atoms with Gasteiger partial charge in [0, 0.05) is 35.8 Å². The third kappa shape index (κ3) is 5.44. The van der Waals surface area contributed by atoms with Crippen LogP contribution in [0.5, 0.6) is 5.75 Å². The molecule has 31 heavy (non-hydrogen) atoms. The molecule has 0 saturated carbocycles. The van der Waals surface area contributed by atoms with E-state index < -0.39 is 6.04 Å². The van der Waals surface area contributed by atoms with Crippen molar-refractivity contribution < 1.29 is 14.3 Å². The fourth-order valence-corrected chi connectivity index (χ4v) is 4.42. The molecule has 7 heteroatoms. The monoisotopic (exact) mass is 433 g/mol. The van der Waals surface area contributed by atoms with Gasteiger partial charge in [-0.15, -0.1) is 11.8 Å². The van der Waals surface area contributed by atoms with Crippen LogP contribution in [0, 0.1) is 0 Å². The molecule has 1 atom stereocenters. The second kappa shape index (κ2) is 10.1. The van der Waals surface area contributed by atoms with Gasteiger partial charge in [-0.2, -0.15) is 0 Å². The molecule has 3 aromatic rings. The lowest BCUT2D eigenvalue weighted by atomic mass is 10.1. The first-order valence-electron chi connectivity index (χ1n) is 10.0. The van der Waals surface area contributed by atoms with Gasteiger partial charge < -0.3 is 15.0 Å². The lowest BCUT2D eigenvalue weighted by Gasteiger charge is -2.23. The Hall–Kier alpha value is -3.32. The van der Waals surface area contributed by atoms with Crippen molar-refractivity contribution in [2.45, 2.75) is 19.2 Å². The van der Waals surface area contributed by atoms with Crippen LogP contribution in [0.1, 0.15) is 21.5 Å². The molecule has 0 radical (unpaired) electrons. The number of thioether (sulfide) groups is 1. The summed E-state index contributed by atoms with van der Waals surface area (Å²) < 4.78 is 5.76. The molecule has 6 nitrogen and oxygen atoms in total. The molecule has 1 aliphatic heterocycles. The zero-order valence-electron chi connectivity index (χ0n) is 16.9. The highest BCUT2D eigenvalue weighted by atomic mass is 32.2. The van der Waals surface area contributed by atoms with Crippen molar-refractivity contribution in [1.29, 1.82) is 0 Å². The number of nitrogens with one attached hydrogen (secondary N) is 1. The van der Waals surface area contributed by atoms with E-state index in [0.717, 1.165) is 16.9 Å². The number of carbonyl (C=O) groups is 2. The minimum absolute atomic E-state index is 0.110. The Kier molecular flexibility index (Phi) is 6.84. The highest BCUT2D eigenvalue weighted by molar-refractivity contribution is 7.99. The average molecular weight is 434 g/mol. The highest BCUT2D eigenvalue weighted by Gasteiger charge is 2.34. The van der Waals surface area contributed by atoms with Crippen molar-refractivity contribution >= 4 is 23.6 Å². The zero-order valence-corrected chi connectivity index (χ0v) is 17.8. The van der Waals surface area contributed by atoms with E-state index in [0.29, 0.717) is 30.3 Å². The molecule has 158 valence electrons. The van der Waals surface area contributed by atoms with Crippen LogP contribution in [-0.2, 0) is 17.9 Å². The van der Waals surface area contributed by atoms with Crippen molar-refractivity contribution in [3.05, 3.63) is 95.8 Å². The van der Waals surface area contributed by atoms with Crippen LogP contribution in [0.4, 0.5) is 0 Å². The fourth-order valence-electron chi connectivity index (χ4n) is 3.27. The maximum Gasteiger partial charge on any atom is 0.255 e. The van der Waals surface area contributed by atoms with E-state index in [1.807, 2.05) is 54.6 Å². The van der Waals surface area contributed by atoms with Crippen molar-refractivity contribution in [3.63, 3.8) is 0 Å². The highest BCUT2D eigenvalue weighted by Crippen LogP contribution is 2.23. The predicted octanol–water partition coefficient (Wildman–Crippen LogP) is 3.49. The SMILES string of the molecule is O=C(NCc1ccc(OCc2cccnc2)cc1)[C@@H]1CSCN1C(=O)c1ccccc1. The summed E-state index contributed by atoms with van der Waals surface area (Å²) in [4.78, 5) is 31.2. The Bertz CT molecular complexity index is 1010.